The monoisotopic (exact) mass is 520 g/mol. The first-order valence-corrected chi connectivity index (χ1v) is 14.1. The Labute approximate surface area is 219 Å². The van der Waals surface area contributed by atoms with Crippen molar-refractivity contribution in [2.24, 2.45) is 0 Å². The molecule has 0 atom stereocenters. The van der Waals surface area contributed by atoms with Gasteiger partial charge in [-0.15, -0.1) is 40.3 Å². The van der Waals surface area contributed by atoms with Crippen LogP contribution in [0.1, 0.15) is 27.8 Å². The van der Waals surface area contributed by atoms with E-state index in [-0.39, 0.29) is 0 Å². The minimum atomic E-state index is -2.50. The SMILES string of the molecule is Cc1c(C)c(C)[c-](C)c1C.[F][Ti][F].c1ccc(P(c2ccccc2)c2cc3ccccc3[cH-]2)cc1. The van der Waals surface area contributed by atoms with Gasteiger partial charge in [-0.1, -0.05) is 101 Å². The topological polar surface area (TPSA) is 0 Å². The van der Waals surface area contributed by atoms with E-state index in [0.29, 0.717) is 0 Å². The third-order valence-corrected chi connectivity index (χ3v) is 9.11. The normalized spacial score (nSPS) is 10.4. The Hall–Kier alpha value is -2.38. The molecule has 0 bridgehead atoms. The van der Waals surface area contributed by atoms with Crippen LogP contribution in [-0.4, -0.2) is 0 Å². The largest absolute Gasteiger partial charge is 0.160 e. The third-order valence-electron chi connectivity index (χ3n) is 6.70. The van der Waals surface area contributed by atoms with E-state index in [9.17, 15) is 6.18 Å². The van der Waals surface area contributed by atoms with Crippen LogP contribution in [0, 0.1) is 34.6 Å². The van der Waals surface area contributed by atoms with Crippen LogP contribution in [0.25, 0.3) is 10.8 Å². The van der Waals surface area contributed by atoms with Crippen molar-refractivity contribution in [1.29, 1.82) is 0 Å². The molecule has 0 amide bonds. The summed E-state index contributed by atoms with van der Waals surface area (Å²) in [5.41, 5.74) is 7.34. The minimum absolute atomic E-state index is 0.493. The van der Waals surface area contributed by atoms with Gasteiger partial charge in [0.1, 0.15) is 0 Å². The number of halogens is 2. The molecule has 0 saturated heterocycles. The van der Waals surface area contributed by atoms with E-state index >= 15 is 0 Å². The van der Waals surface area contributed by atoms with Crippen molar-refractivity contribution in [3.8, 4) is 0 Å². The van der Waals surface area contributed by atoms with Gasteiger partial charge in [0.2, 0.25) is 0 Å². The number of fused-ring (bicyclic) bond motifs is 1. The molecule has 5 aromatic carbocycles. The van der Waals surface area contributed by atoms with Gasteiger partial charge >= 0.3 is 26.4 Å². The molecule has 0 unspecified atom stereocenters. The Morgan fingerprint density at radius 3 is 1.51 bits per heavy atom. The standard InChI is InChI=1S/C21H16P.C10H15.2FH.Ti/c1-3-11-19(12-4-1)22(20-13-5-2-6-14-20)21-15-17-9-7-8-10-18(17)16-21;1-6-7(2)9(4)10(5)8(6)3;;;/h1-16H;1-5H3;2*1H;/q2*-1;;;+2/p-2. The molecule has 180 valence electrons. The molecule has 5 aromatic rings. The van der Waals surface area contributed by atoms with Crippen LogP contribution in [0.15, 0.2) is 97.1 Å². The van der Waals surface area contributed by atoms with Gasteiger partial charge < -0.3 is 0 Å². The van der Waals surface area contributed by atoms with Crippen LogP contribution in [0.5, 0.6) is 0 Å². The zero-order valence-electron chi connectivity index (χ0n) is 20.9. The summed E-state index contributed by atoms with van der Waals surface area (Å²) in [4.78, 5) is 0. The maximum Gasteiger partial charge on any atom is -0.0166 e. The number of benzene rings is 3. The molecule has 0 aromatic heterocycles. The predicted octanol–water partition coefficient (Wildman–Crippen LogP) is 8.10. The first-order chi connectivity index (χ1) is 16.9. The van der Waals surface area contributed by atoms with E-state index in [4.69, 9.17) is 0 Å². The zero-order chi connectivity index (χ0) is 25.4. The fraction of sp³-hybridized carbons (Fsp3) is 0.161. The van der Waals surface area contributed by atoms with Gasteiger partial charge in [0, 0.05) is 0 Å². The summed E-state index contributed by atoms with van der Waals surface area (Å²) in [6.07, 6.45) is 0. The molecule has 0 fully saturated rings. The summed E-state index contributed by atoms with van der Waals surface area (Å²) in [7, 11) is -0.493. The second-order valence-corrected chi connectivity index (χ2v) is 11.0. The molecule has 5 rings (SSSR count). The molecule has 35 heavy (non-hydrogen) atoms. The molecular weight excluding hydrogens is 489 g/mol. The second-order valence-electron chi connectivity index (χ2n) is 8.55. The van der Waals surface area contributed by atoms with Gasteiger partial charge in [0.05, 0.1) is 0 Å². The smallest absolute Gasteiger partial charge is 0.0166 e. The van der Waals surface area contributed by atoms with Gasteiger partial charge in [-0.3, -0.25) is 0 Å². The van der Waals surface area contributed by atoms with Crippen molar-refractivity contribution in [3.63, 3.8) is 0 Å². The van der Waals surface area contributed by atoms with Gasteiger partial charge in [-0.25, -0.2) is 0 Å². The van der Waals surface area contributed by atoms with Crippen molar-refractivity contribution in [2.75, 3.05) is 0 Å². The van der Waals surface area contributed by atoms with Crippen molar-refractivity contribution in [3.05, 3.63) is 125 Å². The van der Waals surface area contributed by atoms with Crippen LogP contribution in [0.3, 0.4) is 0 Å². The van der Waals surface area contributed by atoms with E-state index in [1.165, 1.54) is 54.5 Å². The van der Waals surface area contributed by atoms with Crippen LogP contribution >= 0.6 is 7.92 Å². The second kappa shape index (κ2) is 13.1. The Bertz CT molecular complexity index is 1180. The van der Waals surface area contributed by atoms with Crippen LogP contribution in [-0.2, 0) is 20.2 Å². The molecule has 0 heterocycles. The quantitative estimate of drug-likeness (QED) is 0.128. The minimum Gasteiger partial charge on any atom is -0.160 e. The molecule has 4 heteroatoms. The van der Waals surface area contributed by atoms with E-state index in [0.717, 1.165) is 0 Å². The van der Waals surface area contributed by atoms with Crippen molar-refractivity contribution < 1.29 is 26.4 Å². The first-order valence-electron chi connectivity index (χ1n) is 11.6. The fourth-order valence-corrected chi connectivity index (χ4v) is 6.64. The molecule has 0 aliphatic carbocycles. The Morgan fingerprint density at radius 1 is 0.686 bits per heavy atom. The predicted molar refractivity (Wildman–Crippen MR) is 146 cm³/mol. The van der Waals surface area contributed by atoms with Gasteiger partial charge in [0.25, 0.3) is 0 Å². The average Bonchev–Trinajstić information content (AvgIpc) is 3.38. The molecule has 0 nitrogen and oxygen atoms in total. The Kier molecular flexibility index (Phi) is 10.2. The zero-order valence-corrected chi connectivity index (χ0v) is 23.4. The first kappa shape index (κ1) is 27.2. The van der Waals surface area contributed by atoms with Crippen molar-refractivity contribution >= 4 is 34.6 Å². The number of rotatable bonds is 3. The maximum atomic E-state index is 9.75. The van der Waals surface area contributed by atoms with Crippen LogP contribution in [0.4, 0.5) is 6.18 Å². The molecule has 0 N–H and O–H groups in total. The molecule has 0 saturated carbocycles. The number of hydrogen-bond acceptors (Lipinski definition) is 0. The molecule has 0 radical (unpaired) electrons. The van der Waals surface area contributed by atoms with E-state index < -0.39 is 28.1 Å². The summed E-state index contributed by atoms with van der Waals surface area (Å²) in [6.45, 7) is 11.0. The van der Waals surface area contributed by atoms with Gasteiger partial charge in [0.15, 0.2) is 0 Å². The van der Waals surface area contributed by atoms with E-state index in [1.807, 2.05) is 0 Å². The summed E-state index contributed by atoms with van der Waals surface area (Å²) in [6, 6.07) is 35.0. The summed E-state index contributed by atoms with van der Waals surface area (Å²) in [5, 5.41) is 6.89. The Morgan fingerprint density at radius 2 is 1.11 bits per heavy atom. The molecule has 0 aliphatic heterocycles. The van der Waals surface area contributed by atoms with E-state index in [1.54, 1.807) is 0 Å². The van der Waals surface area contributed by atoms with Crippen molar-refractivity contribution in [2.45, 2.75) is 34.6 Å². The number of hydrogen-bond donors (Lipinski definition) is 0. The molecular formula is C31H31F2PTi-2. The summed E-state index contributed by atoms with van der Waals surface area (Å²) in [5.74, 6) is 0. The molecule has 0 aliphatic rings. The third kappa shape index (κ3) is 6.65. The van der Waals surface area contributed by atoms with Crippen molar-refractivity contribution in [1.82, 2.24) is 0 Å². The van der Waals surface area contributed by atoms with E-state index in [2.05, 4.69) is 132 Å². The Balaban J connectivity index is 0.000000221. The molecule has 0 spiro atoms. The summed E-state index contributed by atoms with van der Waals surface area (Å²) < 4.78 is 19.5. The summed E-state index contributed by atoms with van der Waals surface area (Å²) >= 11 is -2.50. The average molecular weight is 520 g/mol. The van der Waals surface area contributed by atoms with Crippen LogP contribution < -0.4 is 15.9 Å². The maximum absolute atomic E-state index is 9.75. The fourth-order valence-electron chi connectivity index (χ4n) is 4.27. The van der Waals surface area contributed by atoms with Gasteiger partial charge in [-0.2, -0.15) is 33.9 Å². The van der Waals surface area contributed by atoms with Gasteiger partial charge in [-0.05, 0) is 18.5 Å². The van der Waals surface area contributed by atoms with Crippen LogP contribution in [0.2, 0.25) is 0 Å².